The third kappa shape index (κ3) is 24.3. The van der Waals surface area contributed by atoms with Gasteiger partial charge in [0.1, 0.15) is 11.2 Å². The smallest absolute Gasteiger partial charge is 0.410 e. The number of piperazine rings is 5. The van der Waals surface area contributed by atoms with Crippen LogP contribution in [-0.4, -0.2) is 249 Å². The lowest BCUT2D eigenvalue weighted by atomic mass is 10.1. The van der Waals surface area contributed by atoms with Crippen LogP contribution in [0.1, 0.15) is 111 Å². The Labute approximate surface area is 616 Å². The van der Waals surface area contributed by atoms with E-state index < -0.39 is 27.9 Å². The molecule has 5 saturated heterocycles. The van der Waals surface area contributed by atoms with Crippen molar-refractivity contribution in [3.8, 4) is 11.5 Å². The van der Waals surface area contributed by atoms with Crippen molar-refractivity contribution in [2.75, 3.05) is 137 Å². The number of aromatic hydroxyl groups is 2. The Hall–Kier alpha value is -9.02. The maximum absolute atomic E-state index is 12.5. The highest BCUT2D eigenvalue weighted by molar-refractivity contribution is 7.14. The molecule has 5 aliphatic heterocycles. The number of anilines is 1. The zero-order chi connectivity index (χ0) is 74.1. The van der Waals surface area contributed by atoms with Gasteiger partial charge in [-0.1, -0.05) is 42.5 Å². The largest absolute Gasteiger partial charge is 0.505 e. The summed E-state index contributed by atoms with van der Waals surface area (Å²) in [6.07, 6.45) is -0.505. The van der Waals surface area contributed by atoms with Crippen molar-refractivity contribution in [1.82, 2.24) is 49.8 Å². The number of thiophene rings is 5. The van der Waals surface area contributed by atoms with Crippen LogP contribution in [0.4, 0.5) is 21.0 Å². The number of hydrogen-bond donors (Lipinski definition) is 5. The van der Waals surface area contributed by atoms with Gasteiger partial charge in [-0.15, -0.1) is 56.7 Å². The lowest BCUT2D eigenvalue weighted by Gasteiger charge is -2.35. The van der Waals surface area contributed by atoms with Crippen molar-refractivity contribution in [2.24, 2.45) is 0 Å². The Morgan fingerprint density at radius 3 is 0.980 bits per heavy atom. The Balaban J connectivity index is 0.000000177. The molecule has 5 aromatic heterocycles. The van der Waals surface area contributed by atoms with Crippen LogP contribution in [0, 0.1) is 10.1 Å². The van der Waals surface area contributed by atoms with E-state index in [9.17, 15) is 63.5 Å². The summed E-state index contributed by atoms with van der Waals surface area (Å²) in [6.45, 7) is 23.2. The minimum absolute atomic E-state index is 0.00102. The molecule has 0 saturated carbocycles. The molecule has 0 radical (unpaired) electrons. The predicted octanol–water partition coefficient (Wildman–Crippen LogP) is 9.78. The average molecular weight is 1520 g/mol. The molecule has 5 fully saturated rings. The van der Waals surface area contributed by atoms with Crippen molar-refractivity contribution < 1.29 is 67.8 Å². The van der Waals surface area contributed by atoms with Gasteiger partial charge in [-0.2, -0.15) is 0 Å². The zero-order valence-corrected chi connectivity index (χ0v) is 62.3. The van der Waals surface area contributed by atoms with Gasteiger partial charge in [0.05, 0.1) is 46.1 Å². The van der Waals surface area contributed by atoms with E-state index in [4.69, 9.17) is 26.8 Å². The molecule has 0 atom stereocenters. The topological polar surface area (TPSA) is 332 Å². The second kappa shape index (κ2) is 38.9. The van der Waals surface area contributed by atoms with Gasteiger partial charge in [-0.25, -0.2) is 9.59 Å². The van der Waals surface area contributed by atoms with Gasteiger partial charge in [-0.3, -0.25) is 43.7 Å². The Kier molecular flexibility index (Phi) is 30.6. The molecule has 33 heteroatoms. The van der Waals surface area contributed by atoms with Crippen molar-refractivity contribution in [3.63, 3.8) is 0 Å². The van der Waals surface area contributed by atoms with Gasteiger partial charge < -0.3 is 75.3 Å². The number of carbonyl (C=O) groups is 9. The number of phenolic OH excluding ortho intramolecular Hbond substituents is 2. The normalized spacial score (nSPS) is 15.3. The summed E-state index contributed by atoms with van der Waals surface area (Å²) in [4.78, 5) is 135. The first-order valence-corrected chi connectivity index (χ1v) is 37.4. The van der Waals surface area contributed by atoms with Gasteiger partial charge in [-0.05, 0) is 129 Å². The molecule has 27 nitrogen and oxygen atoms in total. The summed E-state index contributed by atoms with van der Waals surface area (Å²) < 4.78 is 10.6. The number of nitro benzene ring substituents is 1. The van der Waals surface area contributed by atoms with Crippen LogP contribution < -0.4 is 16.4 Å². The third-order valence-electron chi connectivity index (χ3n) is 15.5. The summed E-state index contributed by atoms with van der Waals surface area (Å²) >= 11 is 12.2. The van der Waals surface area contributed by atoms with Crippen LogP contribution in [-0.2, 0) is 9.47 Å². The molecule has 10 heterocycles. The number of rotatable bonds is 8. The van der Waals surface area contributed by atoms with E-state index in [1.54, 1.807) is 71.9 Å². The minimum Gasteiger partial charge on any atom is -0.505 e. The molecule has 548 valence electrons. The van der Waals surface area contributed by atoms with Gasteiger partial charge in [0, 0.05) is 137 Å². The number of ether oxygens (including phenoxy) is 2. The van der Waals surface area contributed by atoms with Crippen molar-refractivity contribution in [2.45, 2.75) is 52.7 Å². The molecule has 102 heavy (non-hydrogen) atoms. The number of amides is 8. The van der Waals surface area contributed by atoms with Gasteiger partial charge in [0.15, 0.2) is 5.75 Å². The molecule has 6 N–H and O–H groups in total. The molecule has 8 amide bonds. The molecule has 0 aliphatic carbocycles. The summed E-state index contributed by atoms with van der Waals surface area (Å²) in [5.74, 6) is -1.41. The number of hydrogen-bond acceptors (Lipinski definition) is 23. The fraction of sp³-hybridized carbons (Fsp3) is 0.406. The van der Waals surface area contributed by atoms with Crippen molar-refractivity contribution in [3.05, 3.63) is 170 Å². The molecule has 2 aromatic carbocycles. The molecule has 7 aromatic rings. The third-order valence-corrected chi connectivity index (χ3v) is 20.1. The van der Waals surface area contributed by atoms with Crippen LogP contribution in [0.2, 0.25) is 0 Å². The van der Waals surface area contributed by atoms with E-state index in [2.05, 4.69) is 10.6 Å². The number of para-hydroxylation sites is 2. The number of phenols is 2. The number of nitrogens with zero attached hydrogens (tertiary/aromatic N) is 9. The van der Waals surface area contributed by atoms with E-state index in [1.807, 2.05) is 110 Å². The summed E-state index contributed by atoms with van der Waals surface area (Å²) in [7, 11) is 0. The fourth-order valence-corrected chi connectivity index (χ4v) is 13.7. The monoisotopic (exact) mass is 1520 g/mol. The molecule has 0 spiro atoms. The second-order valence-electron chi connectivity index (χ2n) is 25.0. The van der Waals surface area contributed by atoms with E-state index >= 15 is 0 Å². The van der Waals surface area contributed by atoms with Crippen molar-refractivity contribution in [1.29, 1.82) is 0 Å². The minimum atomic E-state index is -0.732. The number of nitrogens with two attached hydrogens (primary N) is 1. The zero-order valence-electron chi connectivity index (χ0n) is 57.5. The fourth-order valence-electron chi connectivity index (χ4n) is 10.2. The first-order valence-electron chi connectivity index (χ1n) is 32.6. The van der Waals surface area contributed by atoms with Crippen LogP contribution in [0.25, 0.3) is 0 Å². The van der Waals surface area contributed by atoms with E-state index in [0.29, 0.717) is 93.2 Å². The molecular weight excluding hydrogens is 1430 g/mol. The Morgan fingerprint density at radius 1 is 0.412 bits per heavy atom. The van der Waals surface area contributed by atoms with Crippen LogP contribution in [0.3, 0.4) is 0 Å². The summed E-state index contributed by atoms with van der Waals surface area (Å²) in [5, 5.41) is 46.2. The maximum atomic E-state index is 12.5. The molecule has 5 aliphatic rings. The van der Waals surface area contributed by atoms with E-state index in [-0.39, 0.29) is 75.1 Å². The average Bonchev–Trinajstić information content (AvgIpc) is 1.51. The summed E-state index contributed by atoms with van der Waals surface area (Å²) in [6, 6.07) is 26.8. The predicted molar refractivity (Wildman–Crippen MR) is 396 cm³/mol. The van der Waals surface area contributed by atoms with Crippen LogP contribution >= 0.6 is 68.3 Å². The number of halogens is 1. The summed E-state index contributed by atoms with van der Waals surface area (Å²) in [5.41, 5.74) is 4.53. The SMILES string of the molecule is CC(C)(C)OC(=O)N1CCN(C(=O)c2cccs2)CC1.CC(C)(C)OC(=O)N1CCNCC1.Nc1cccc(C(=O)N2CCN(C(=O)c3cccs3)CC2)c1O.O=C(Cl)c1cccs1.O=C(c1cccs1)N1CCN(C(=O)c2cccc([N+](=O)[O-])c2O)CC1.O=C(c1cccs1)N1CCNCC1. The highest BCUT2D eigenvalue weighted by Gasteiger charge is 2.32. The number of benzene rings is 2. The Morgan fingerprint density at radius 2 is 0.686 bits per heavy atom. The number of nitrogen functional groups attached to an aromatic ring is 1. The lowest BCUT2D eigenvalue weighted by molar-refractivity contribution is -0.385. The number of carbonyl (C=O) groups excluding carboxylic acids is 9. The van der Waals surface area contributed by atoms with E-state index in [1.165, 1.54) is 73.7 Å². The molecule has 0 bridgehead atoms. The molecular formula is C69H85ClN12O15S5. The Bertz CT molecular complexity index is 3870. The number of nitro groups is 1. The highest BCUT2D eigenvalue weighted by atomic mass is 35.5. The van der Waals surface area contributed by atoms with Crippen LogP contribution in [0.5, 0.6) is 11.5 Å². The quantitative estimate of drug-likeness (QED) is 0.0310. The first-order chi connectivity index (χ1) is 48.6. The van der Waals surface area contributed by atoms with Gasteiger partial charge in [0.25, 0.3) is 40.7 Å². The molecule has 0 unspecified atom stereocenters. The maximum Gasteiger partial charge on any atom is 0.410 e. The van der Waals surface area contributed by atoms with Gasteiger partial charge >= 0.3 is 17.9 Å². The first kappa shape index (κ1) is 80.3. The molecule has 12 rings (SSSR count). The van der Waals surface area contributed by atoms with Crippen molar-refractivity contribution >= 4 is 133 Å². The van der Waals surface area contributed by atoms with Crippen LogP contribution in [0.15, 0.2) is 124 Å². The highest BCUT2D eigenvalue weighted by Crippen LogP contribution is 2.31. The van der Waals surface area contributed by atoms with Gasteiger partial charge in [0.2, 0.25) is 5.75 Å². The van der Waals surface area contributed by atoms with E-state index in [0.717, 1.165) is 68.2 Å². The lowest BCUT2D eigenvalue weighted by Crippen LogP contribution is -2.51. The second-order valence-corrected chi connectivity index (χ2v) is 30.1. The number of nitrogens with one attached hydrogen (secondary N) is 2. The standard InChI is InChI=1S/C16H15N3O5S.C16H17N3O3S.C14H20N2O3S.C9H18N2O2.C9H12N2OS.C5H3ClOS/c20-14-11(3-1-4-12(14)19(23)24)15(21)17-6-8-18(9-7-17)16(22)13-5-2-10-25-13;17-12-4-1-3-11(14(12)20)15(21)18-6-8-19(9-7-18)16(22)13-5-2-10-23-13;1-14(2,3)19-13(18)16-8-6-15(7-9-16)12(17)11-5-4-10-20-11;1-9(2,3)13-8(12)11-6-4-10-5-7-11;12-9(8-2-1-7-13-8)11-5-3-10-4-6-11;6-5(7)4-2-1-3-8-4/h1-5,10,20H,6-9H2;1-5,10,20H,6-9,17H2;4-5,10H,6-9H2,1-3H3;10H,4-7H2,1-3H3;1-2,7,10H,3-6H2;1-3H.